The Morgan fingerprint density at radius 1 is 1.12 bits per heavy atom. The molecule has 2 heterocycles. The van der Waals surface area contributed by atoms with E-state index in [0.717, 1.165) is 66.7 Å². The van der Waals surface area contributed by atoms with Gasteiger partial charge in [0.15, 0.2) is 6.29 Å². The highest BCUT2D eigenvalue weighted by atomic mass is 16.2. The van der Waals surface area contributed by atoms with Crippen molar-refractivity contribution < 1.29 is 9.59 Å². The molecular formula is C27H30N4O2. The smallest absolute Gasteiger partial charge is 0.250 e. The van der Waals surface area contributed by atoms with Gasteiger partial charge in [-0.3, -0.25) is 9.59 Å². The molecule has 2 aliphatic heterocycles. The van der Waals surface area contributed by atoms with Crippen LogP contribution in [0.5, 0.6) is 0 Å². The Labute approximate surface area is 195 Å². The highest BCUT2D eigenvalue weighted by Gasteiger charge is 2.23. The Hall–Kier alpha value is -3.67. The summed E-state index contributed by atoms with van der Waals surface area (Å²) in [6, 6.07) is 11.8. The Kier molecular flexibility index (Phi) is 6.73. The Morgan fingerprint density at radius 3 is 2.58 bits per heavy atom. The van der Waals surface area contributed by atoms with Crippen LogP contribution in [0.15, 0.2) is 53.2 Å². The molecule has 0 unspecified atom stereocenters. The lowest BCUT2D eigenvalue weighted by Gasteiger charge is -2.17. The lowest BCUT2D eigenvalue weighted by Crippen LogP contribution is -2.30. The summed E-state index contributed by atoms with van der Waals surface area (Å²) in [6.07, 6.45) is 9.18. The number of nitrogens with zero attached hydrogens (tertiary/aromatic N) is 3. The van der Waals surface area contributed by atoms with Gasteiger partial charge in [-0.05, 0) is 66.9 Å². The van der Waals surface area contributed by atoms with Crippen molar-refractivity contribution in [2.24, 2.45) is 10.7 Å². The first-order valence-corrected chi connectivity index (χ1v) is 11.4. The zero-order chi connectivity index (χ0) is 23.4. The van der Waals surface area contributed by atoms with Crippen LogP contribution >= 0.6 is 0 Å². The number of hydrogen-bond acceptors (Lipinski definition) is 5. The zero-order valence-corrected chi connectivity index (χ0v) is 19.3. The van der Waals surface area contributed by atoms with E-state index in [1.165, 1.54) is 0 Å². The normalized spacial score (nSPS) is 15.6. The molecule has 1 amide bonds. The van der Waals surface area contributed by atoms with Gasteiger partial charge < -0.3 is 15.5 Å². The van der Waals surface area contributed by atoms with Crippen LogP contribution in [0.2, 0.25) is 0 Å². The fourth-order valence-corrected chi connectivity index (χ4v) is 4.15. The molecule has 6 heteroatoms. The number of carbonyl (C=O) groups is 2. The van der Waals surface area contributed by atoms with Crippen LogP contribution in [-0.2, 0) is 4.79 Å². The summed E-state index contributed by atoms with van der Waals surface area (Å²) in [5.41, 5.74) is 12.0. The maximum Gasteiger partial charge on any atom is 0.250 e. The molecule has 6 nitrogen and oxygen atoms in total. The predicted molar refractivity (Wildman–Crippen MR) is 134 cm³/mol. The van der Waals surface area contributed by atoms with Crippen molar-refractivity contribution in [3.05, 3.63) is 64.9 Å². The first kappa shape index (κ1) is 22.5. The van der Waals surface area contributed by atoms with E-state index in [4.69, 9.17) is 5.73 Å². The van der Waals surface area contributed by atoms with Crippen LogP contribution in [0, 0.1) is 0 Å². The standard InChI is InChI=1S/C27H30N4O2/c1-3-30(2)13-10-21-14-19(7-9-23(21)18-32)20-6-8-22-15-24(17-26(28)29-25(22)16-20)27(33)31-11-4-5-12-31/h6-10,13-16,18H,3-5,11-12,17H2,1-2H3,(H2,28,29)/b13-10-. The number of aldehydes is 1. The second-order valence-corrected chi connectivity index (χ2v) is 8.57. The predicted octanol–water partition coefficient (Wildman–Crippen LogP) is 4.49. The maximum atomic E-state index is 12.9. The van der Waals surface area contributed by atoms with Gasteiger partial charge >= 0.3 is 0 Å². The molecule has 4 rings (SSSR count). The molecule has 0 aromatic heterocycles. The number of hydrogen-bond donors (Lipinski definition) is 1. The SMILES string of the molecule is CCN(C)/C=C\c1cc(-c2ccc3c(c2)N=C(N)CC(C(=O)N2CCCC2)=C3)ccc1C=O. The Bertz CT molecular complexity index is 1160. The average Bonchev–Trinajstić information content (AvgIpc) is 3.31. The lowest BCUT2D eigenvalue weighted by molar-refractivity contribution is -0.126. The van der Waals surface area contributed by atoms with Crippen molar-refractivity contribution in [2.45, 2.75) is 26.2 Å². The van der Waals surface area contributed by atoms with Crippen LogP contribution in [-0.4, -0.2) is 54.5 Å². The fraction of sp³-hybridized carbons (Fsp3) is 0.296. The van der Waals surface area contributed by atoms with Crippen LogP contribution in [0.25, 0.3) is 23.3 Å². The molecule has 2 N–H and O–H groups in total. The molecule has 0 atom stereocenters. The molecule has 0 saturated carbocycles. The molecule has 1 saturated heterocycles. The van der Waals surface area contributed by atoms with Gasteiger partial charge in [0.05, 0.1) is 5.69 Å². The van der Waals surface area contributed by atoms with Gasteiger partial charge in [0.2, 0.25) is 5.91 Å². The summed E-state index contributed by atoms with van der Waals surface area (Å²) < 4.78 is 0. The van der Waals surface area contributed by atoms with E-state index < -0.39 is 0 Å². The molecule has 1 fully saturated rings. The molecule has 0 spiro atoms. The minimum atomic E-state index is 0.0560. The number of carbonyl (C=O) groups excluding carboxylic acids is 2. The summed E-state index contributed by atoms with van der Waals surface area (Å²) in [5, 5.41) is 0. The van der Waals surface area contributed by atoms with E-state index >= 15 is 0 Å². The van der Waals surface area contributed by atoms with E-state index in [1.54, 1.807) is 0 Å². The summed E-state index contributed by atoms with van der Waals surface area (Å²) >= 11 is 0. The quantitative estimate of drug-likeness (QED) is 0.669. The van der Waals surface area contributed by atoms with Gasteiger partial charge in [0.1, 0.15) is 5.84 Å². The molecule has 2 aliphatic rings. The van der Waals surface area contributed by atoms with Gasteiger partial charge in [0, 0.05) is 49.8 Å². The van der Waals surface area contributed by atoms with E-state index in [2.05, 4.69) is 16.8 Å². The zero-order valence-electron chi connectivity index (χ0n) is 19.3. The number of likely N-dealkylation sites (tertiary alicyclic amines) is 1. The number of rotatable bonds is 6. The summed E-state index contributed by atoms with van der Waals surface area (Å²) in [6.45, 7) is 4.57. The average molecular weight is 443 g/mol. The molecule has 0 bridgehead atoms. The molecule has 0 radical (unpaired) electrons. The van der Waals surface area contributed by atoms with Gasteiger partial charge in [0.25, 0.3) is 0 Å². The molecular weight excluding hydrogens is 412 g/mol. The van der Waals surface area contributed by atoms with Crippen molar-refractivity contribution in [1.29, 1.82) is 0 Å². The third-order valence-electron chi connectivity index (χ3n) is 6.22. The number of benzene rings is 2. The third-order valence-corrected chi connectivity index (χ3v) is 6.22. The highest BCUT2D eigenvalue weighted by Crippen LogP contribution is 2.33. The van der Waals surface area contributed by atoms with E-state index in [9.17, 15) is 9.59 Å². The van der Waals surface area contributed by atoms with Gasteiger partial charge in [-0.25, -0.2) is 4.99 Å². The fourth-order valence-electron chi connectivity index (χ4n) is 4.15. The minimum Gasteiger partial charge on any atom is -0.387 e. The van der Waals surface area contributed by atoms with E-state index in [-0.39, 0.29) is 5.91 Å². The van der Waals surface area contributed by atoms with E-state index in [0.29, 0.717) is 23.4 Å². The highest BCUT2D eigenvalue weighted by molar-refractivity contribution is 6.05. The summed E-state index contributed by atoms with van der Waals surface area (Å²) in [5.74, 6) is 0.493. The van der Waals surface area contributed by atoms with Crippen LogP contribution < -0.4 is 5.73 Å². The minimum absolute atomic E-state index is 0.0560. The van der Waals surface area contributed by atoms with Crippen LogP contribution in [0.1, 0.15) is 47.7 Å². The number of aliphatic imine (C=N–C) groups is 1. The maximum absolute atomic E-state index is 12.9. The van der Waals surface area contributed by atoms with Gasteiger partial charge in [-0.1, -0.05) is 24.3 Å². The first-order valence-electron chi connectivity index (χ1n) is 11.4. The van der Waals surface area contributed by atoms with Crippen molar-refractivity contribution in [3.63, 3.8) is 0 Å². The number of nitrogens with two attached hydrogens (primary N) is 1. The number of amidine groups is 1. The largest absolute Gasteiger partial charge is 0.387 e. The summed E-state index contributed by atoms with van der Waals surface area (Å²) in [7, 11) is 1.99. The second kappa shape index (κ2) is 9.86. The Morgan fingerprint density at radius 2 is 1.85 bits per heavy atom. The lowest BCUT2D eigenvalue weighted by atomic mass is 9.97. The number of fused-ring (bicyclic) bond motifs is 1. The molecule has 2 aromatic rings. The van der Waals surface area contributed by atoms with Crippen LogP contribution in [0.4, 0.5) is 5.69 Å². The van der Waals surface area contributed by atoms with E-state index in [1.807, 2.05) is 66.7 Å². The van der Waals surface area contributed by atoms with Gasteiger partial charge in [-0.15, -0.1) is 0 Å². The van der Waals surface area contributed by atoms with Crippen molar-refractivity contribution in [1.82, 2.24) is 9.80 Å². The van der Waals surface area contributed by atoms with Crippen LogP contribution in [0.3, 0.4) is 0 Å². The molecule has 33 heavy (non-hydrogen) atoms. The topological polar surface area (TPSA) is 79.0 Å². The molecule has 0 aliphatic carbocycles. The first-order chi connectivity index (χ1) is 16.0. The molecule has 170 valence electrons. The van der Waals surface area contributed by atoms with Crippen molar-refractivity contribution in [2.75, 3.05) is 26.7 Å². The Balaban J connectivity index is 1.68. The van der Waals surface area contributed by atoms with Crippen molar-refractivity contribution in [3.8, 4) is 11.1 Å². The summed E-state index contributed by atoms with van der Waals surface area (Å²) in [4.78, 5) is 33.0. The number of amides is 1. The third kappa shape index (κ3) is 5.06. The second-order valence-electron chi connectivity index (χ2n) is 8.57. The monoisotopic (exact) mass is 442 g/mol. The van der Waals surface area contributed by atoms with Crippen molar-refractivity contribution >= 4 is 35.9 Å². The molecule has 2 aromatic carbocycles. The van der Waals surface area contributed by atoms with Gasteiger partial charge in [-0.2, -0.15) is 0 Å².